The van der Waals surface area contributed by atoms with E-state index >= 15 is 0 Å². The molecule has 0 bridgehead atoms. The number of esters is 1. The zero-order valence-electron chi connectivity index (χ0n) is 28.2. The van der Waals surface area contributed by atoms with Crippen LogP contribution in [0.25, 0.3) is 39.5 Å². The Bertz CT molecular complexity index is 2090. The van der Waals surface area contributed by atoms with Gasteiger partial charge in [-0.3, -0.25) is 19.7 Å². The van der Waals surface area contributed by atoms with Gasteiger partial charge in [-0.05, 0) is 50.4 Å². The second-order valence-electron chi connectivity index (χ2n) is 12.2. The van der Waals surface area contributed by atoms with Gasteiger partial charge in [0.15, 0.2) is 11.6 Å². The van der Waals surface area contributed by atoms with Gasteiger partial charge >= 0.3 is 5.97 Å². The number of pyridine rings is 1. The predicted octanol–water partition coefficient (Wildman–Crippen LogP) is 8.95. The minimum Gasteiger partial charge on any atom is -0.480 e. The number of anilines is 2. The molecule has 1 fully saturated rings. The average molecular weight is 735 g/mol. The molecule has 0 atom stereocenters. The van der Waals surface area contributed by atoms with Gasteiger partial charge in [0, 0.05) is 35.5 Å². The minimum absolute atomic E-state index is 0.0501. The Morgan fingerprint density at radius 3 is 2.39 bits per heavy atom. The highest BCUT2D eigenvalue weighted by atomic mass is 35.5. The van der Waals surface area contributed by atoms with Crippen LogP contribution >= 0.6 is 23.2 Å². The molecular formula is C37H35Cl2F2N7O3. The molecule has 0 radical (unpaired) electrons. The number of benzene rings is 2. The van der Waals surface area contributed by atoms with Gasteiger partial charge in [0.25, 0.3) is 6.43 Å². The van der Waals surface area contributed by atoms with Crippen LogP contribution in [-0.4, -0.2) is 63.1 Å². The van der Waals surface area contributed by atoms with E-state index in [1.807, 2.05) is 25.2 Å². The van der Waals surface area contributed by atoms with E-state index in [1.165, 1.54) is 7.11 Å². The number of nitrogens with zero attached hydrogens (tertiary/aromatic N) is 6. The van der Waals surface area contributed by atoms with Gasteiger partial charge in [0.2, 0.25) is 5.88 Å². The van der Waals surface area contributed by atoms with Crippen LogP contribution < -0.4 is 10.1 Å². The first-order valence-corrected chi connectivity index (χ1v) is 17.0. The average Bonchev–Trinajstić information content (AvgIpc) is 3.15. The Kier molecular flexibility index (Phi) is 11.0. The lowest BCUT2D eigenvalue weighted by Gasteiger charge is -2.33. The second-order valence-corrected chi connectivity index (χ2v) is 12.9. The number of hydrogen-bond acceptors (Lipinski definition) is 10. The molecule has 51 heavy (non-hydrogen) atoms. The van der Waals surface area contributed by atoms with E-state index in [9.17, 15) is 13.6 Å². The first-order valence-electron chi connectivity index (χ1n) is 16.2. The molecule has 0 amide bonds. The number of ether oxygens (including phenoxy) is 2. The third kappa shape index (κ3) is 7.63. The third-order valence-corrected chi connectivity index (χ3v) is 9.89. The molecule has 2 aromatic carbocycles. The fourth-order valence-electron chi connectivity index (χ4n) is 6.33. The van der Waals surface area contributed by atoms with Crippen LogP contribution in [0, 0.1) is 5.92 Å². The van der Waals surface area contributed by atoms with Crippen LogP contribution in [0.15, 0.2) is 61.4 Å². The lowest BCUT2D eigenvalue weighted by atomic mass is 9.85. The van der Waals surface area contributed by atoms with Crippen LogP contribution in [0.3, 0.4) is 0 Å². The molecule has 10 nitrogen and oxygen atoms in total. The van der Waals surface area contributed by atoms with Gasteiger partial charge in [-0.2, -0.15) is 0 Å². The van der Waals surface area contributed by atoms with Crippen molar-refractivity contribution in [3.05, 3.63) is 88.6 Å². The van der Waals surface area contributed by atoms with Crippen molar-refractivity contribution >= 4 is 57.8 Å². The predicted molar refractivity (Wildman–Crippen MR) is 194 cm³/mol. The number of aromatic nitrogens is 5. The summed E-state index contributed by atoms with van der Waals surface area (Å²) in [5, 5.41) is 3.75. The summed E-state index contributed by atoms with van der Waals surface area (Å²) in [6, 6.07) is 12.7. The zero-order valence-corrected chi connectivity index (χ0v) is 29.7. The summed E-state index contributed by atoms with van der Waals surface area (Å²) in [7, 11) is 5.01. The van der Waals surface area contributed by atoms with Crippen molar-refractivity contribution in [3.63, 3.8) is 0 Å². The summed E-state index contributed by atoms with van der Waals surface area (Å²) in [6.07, 6.45) is 5.20. The van der Waals surface area contributed by atoms with Gasteiger partial charge in [0.1, 0.15) is 11.2 Å². The fraction of sp³-hybridized carbons (Fsp3) is 0.297. The normalized spacial score (nSPS) is 16.0. The van der Waals surface area contributed by atoms with Crippen LogP contribution in [-0.2, 0) is 16.1 Å². The molecule has 1 saturated carbocycles. The highest BCUT2D eigenvalue weighted by Gasteiger charge is 2.29. The largest absolute Gasteiger partial charge is 0.480 e. The third-order valence-electron chi connectivity index (χ3n) is 9.08. The molecule has 1 aliphatic carbocycles. The lowest BCUT2D eigenvalue weighted by molar-refractivity contribution is -0.146. The Morgan fingerprint density at radius 2 is 1.71 bits per heavy atom. The van der Waals surface area contributed by atoms with Crippen molar-refractivity contribution in [2.75, 3.05) is 26.6 Å². The molecular weight excluding hydrogens is 699 g/mol. The van der Waals surface area contributed by atoms with E-state index in [-0.39, 0.29) is 28.2 Å². The molecule has 1 N–H and O–H groups in total. The SMILES string of the molecule is C=Cc1cnc2c(Nc3cccc(-c4cccc(-c5cnc(CN(C)C6CCC(C(=O)OC)CC6)c(OC)n5)c4Cl)c3Cl)nc(C(F)F)nc2c1. The smallest absolute Gasteiger partial charge is 0.308 e. The Balaban J connectivity index is 1.26. The maximum Gasteiger partial charge on any atom is 0.308 e. The van der Waals surface area contributed by atoms with E-state index in [0.717, 1.165) is 25.7 Å². The van der Waals surface area contributed by atoms with Crippen LogP contribution in [0.4, 0.5) is 20.3 Å². The van der Waals surface area contributed by atoms with Crippen molar-refractivity contribution in [3.8, 4) is 28.3 Å². The standard InChI is InChI=1S/C37H35Cl2F2N7O3/c1-5-20-16-27-32(43-17-20)34(47-35(45-27)33(40)41)44-26-11-7-9-24(31(26)39)23-8-6-10-25(30(23)38)28-18-42-29(36(46-28)50-3)19-48(2)22-14-12-21(13-15-22)37(49)51-4/h5-11,16-18,21-22,33H,1,12-15,19H2,2-4H3,(H,44,45,47). The number of fused-ring (bicyclic) bond motifs is 1. The summed E-state index contributed by atoms with van der Waals surface area (Å²) in [6.45, 7) is 4.23. The van der Waals surface area contributed by atoms with Crippen molar-refractivity contribution in [2.24, 2.45) is 5.92 Å². The topological polar surface area (TPSA) is 115 Å². The van der Waals surface area contributed by atoms with Gasteiger partial charge in [-0.1, -0.05) is 66.2 Å². The maximum absolute atomic E-state index is 13.8. The molecule has 6 rings (SSSR count). The highest BCUT2D eigenvalue weighted by molar-refractivity contribution is 6.39. The first kappa shape index (κ1) is 36.0. The lowest BCUT2D eigenvalue weighted by Crippen LogP contribution is -2.36. The number of hydrogen-bond donors (Lipinski definition) is 1. The number of methoxy groups -OCH3 is 2. The second kappa shape index (κ2) is 15.6. The van der Waals surface area contributed by atoms with Crippen LogP contribution in [0.2, 0.25) is 10.0 Å². The molecule has 0 aliphatic heterocycles. The summed E-state index contributed by atoms with van der Waals surface area (Å²) < 4.78 is 38.1. The van der Waals surface area contributed by atoms with E-state index in [4.69, 9.17) is 42.6 Å². The molecule has 14 heteroatoms. The Labute approximate surface area is 303 Å². The van der Waals surface area contributed by atoms with Crippen molar-refractivity contribution < 1.29 is 23.0 Å². The maximum atomic E-state index is 13.8. The van der Waals surface area contributed by atoms with Crippen LogP contribution in [0.5, 0.6) is 5.88 Å². The molecule has 0 spiro atoms. The van der Waals surface area contributed by atoms with Gasteiger partial charge in [0.05, 0.1) is 53.3 Å². The van der Waals surface area contributed by atoms with Crippen molar-refractivity contribution in [1.82, 2.24) is 29.8 Å². The molecule has 0 unspecified atom stereocenters. The van der Waals surface area contributed by atoms with Crippen molar-refractivity contribution in [2.45, 2.75) is 44.7 Å². The Hall–Kier alpha value is -4.78. The highest BCUT2D eigenvalue weighted by Crippen LogP contribution is 2.42. The van der Waals surface area contributed by atoms with Crippen LogP contribution in [0.1, 0.15) is 49.2 Å². The van der Waals surface area contributed by atoms with Gasteiger partial charge in [-0.15, -0.1) is 0 Å². The number of halogens is 4. The molecule has 264 valence electrons. The number of nitrogens with one attached hydrogen (secondary N) is 1. The minimum atomic E-state index is -2.90. The molecule has 5 aromatic rings. The fourth-order valence-corrected chi connectivity index (χ4v) is 6.93. The summed E-state index contributed by atoms with van der Waals surface area (Å²) in [5.74, 6) is -0.386. The van der Waals surface area contributed by atoms with E-state index in [2.05, 4.69) is 31.7 Å². The molecule has 3 aromatic heterocycles. The van der Waals surface area contributed by atoms with Crippen molar-refractivity contribution in [1.29, 1.82) is 0 Å². The summed E-state index contributed by atoms with van der Waals surface area (Å²) >= 11 is 14.0. The molecule has 0 saturated heterocycles. The Morgan fingerprint density at radius 1 is 1.00 bits per heavy atom. The van der Waals surface area contributed by atoms with Gasteiger partial charge < -0.3 is 14.8 Å². The number of carbonyl (C=O) groups excluding carboxylic acids is 1. The molecule has 3 heterocycles. The molecule has 1 aliphatic rings. The van der Waals surface area contributed by atoms with Gasteiger partial charge in [-0.25, -0.2) is 23.7 Å². The number of rotatable bonds is 11. The first-order chi connectivity index (χ1) is 24.6. The zero-order chi connectivity index (χ0) is 36.2. The number of carbonyl (C=O) groups is 1. The monoisotopic (exact) mass is 733 g/mol. The quantitative estimate of drug-likeness (QED) is 0.132. The van der Waals surface area contributed by atoms with E-state index in [1.54, 1.807) is 49.8 Å². The van der Waals surface area contributed by atoms with E-state index < -0.39 is 12.2 Å². The number of alkyl halides is 2. The summed E-state index contributed by atoms with van der Waals surface area (Å²) in [4.78, 5) is 36.1. The van der Waals surface area contributed by atoms with E-state index in [0.29, 0.717) is 68.3 Å². The summed E-state index contributed by atoms with van der Waals surface area (Å²) in [5.41, 5.74) is 4.55.